The van der Waals surface area contributed by atoms with E-state index in [1.165, 1.54) is 29.5 Å². The Morgan fingerprint density at radius 2 is 2.04 bits per heavy atom. The van der Waals surface area contributed by atoms with Gasteiger partial charge in [-0.05, 0) is 30.3 Å². The summed E-state index contributed by atoms with van der Waals surface area (Å²) in [5.41, 5.74) is 7.55. The summed E-state index contributed by atoms with van der Waals surface area (Å²) >= 11 is 1.35. The van der Waals surface area contributed by atoms with Gasteiger partial charge in [0.1, 0.15) is 28.8 Å². The van der Waals surface area contributed by atoms with E-state index in [0.717, 1.165) is 5.56 Å². The topological polar surface area (TPSA) is 97.5 Å². The Balaban J connectivity index is 1.95. The number of hydrogen-bond donors (Lipinski definition) is 2. The number of nitrogens with one attached hydrogen (secondary N) is 1. The SMILES string of the molecule is Nc1cc(-c2nc(-c3cc(C=O)ccc3F)c(-c3ncc[nH]3)s2)ccn1. The van der Waals surface area contributed by atoms with Crippen LogP contribution in [0.25, 0.3) is 32.5 Å². The number of aldehydes is 1. The molecule has 0 bridgehead atoms. The number of carbonyl (C=O) groups is 1. The molecule has 0 amide bonds. The lowest BCUT2D eigenvalue weighted by atomic mass is 10.1. The van der Waals surface area contributed by atoms with Gasteiger partial charge in [0.15, 0.2) is 0 Å². The van der Waals surface area contributed by atoms with E-state index in [9.17, 15) is 9.18 Å². The predicted molar refractivity (Wildman–Crippen MR) is 98.1 cm³/mol. The molecule has 0 saturated heterocycles. The molecule has 128 valence electrons. The van der Waals surface area contributed by atoms with Gasteiger partial charge >= 0.3 is 0 Å². The van der Waals surface area contributed by atoms with Gasteiger partial charge in [-0.25, -0.2) is 19.3 Å². The minimum absolute atomic E-state index is 0.241. The largest absolute Gasteiger partial charge is 0.384 e. The quantitative estimate of drug-likeness (QED) is 0.536. The minimum atomic E-state index is -0.463. The number of pyridine rings is 1. The van der Waals surface area contributed by atoms with Gasteiger partial charge in [-0.15, -0.1) is 11.3 Å². The second-order valence-corrected chi connectivity index (χ2v) is 6.46. The van der Waals surface area contributed by atoms with E-state index in [1.807, 2.05) is 0 Å². The number of rotatable bonds is 4. The fourth-order valence-electron chi connectivity index (χ4n) is 2.56. The number of H-pyrrole nitrogens is 1. The third kappa shape index (κ3) is 2.86. The lowest BCUT2D eigenvalue weighted by molar-refractivity contribution is 0.112. The maximum atomic E-state index is 14.5. The van der Waals surface area contributed by atoms with Crippen molar-refractivity contribution >= 4 is 23.4 Å². The van der Waals surface area contributed by atoms with Crippen molar-refractivity contribution in [1.82, 2.24) is 19.9 Å². The van der Waals surface area contributed by atoms with Crippen LogP contribution in [0, 0.1) is 5.82 Å². The van der Waals surface area contributed by atoms with Crippen LogP contribution in [0.2, 0.25) is 0 Å². The summed E-state index contributed by atoms with van der Waals surface area (Å²) in [5, 5.41) is 0.649. The summed E-state index contributed by atoms with van der Waals surface area (Å²) in [5.74, 6) is 0.476. The van der Waals surface area contributed by atoms with Gasteiger partial charge in [-0.2, -0.15) is 0 Å². The molecule has 3 heterocycles. The zero-order valence-electron chi connectivity index (χ0n) is 13.3. The summed E-state index contributed by atoms with van der Waals surface area (Å²) in [6, 6.07) is 7.65. The number of nitrogens with zero attached hydrogens (tertiary/aromatic N) is 3. The van der Waals surface area contributed by atoms with Crippen LogP contribution in [-0.4, -0.2) is 26.2 Å². The Morgan fingerprint density at radius 1 is 1.15 bits per heavy atom. The summed E-state index contributed by atoms with van der Waals surface area (Å²) in [7, 11) is 0. The van der Waals surface area contributed by atoms with Crippen LogP contribution in [-0.2, 0) is 0 Å². The van der Waals surface area contributed by atoms with E-state index in [-0.39, 0.29) is 5.56 Å². The van der Waals surface area contributed by atoms with Crippen molar-refractivity contribution < 1.29 is 9.18 Å². The molecule has 0 atom stereocenters. The van der Waals surface area contributed by atoms with Crippen LogP contribution in [0.3, 0.4) is 0 Å². The number of carbonyl (C=O) groups excluding carboxylic acids is 1. The number of halogens is 1. The summed E-state index contributed by atoms with van der Waals surface area (Å²) in [6.45, 7) is 0. The smallest absolute Gasteiger partial charge is 0.150 e. The fourth-order valence-corrected chi connectivity index (χ4v) is 3.59. The van der Waals surface area contributed by atoms with Crippen LogP contribution in [0.5, 0.6) is 0 Å². The number of aromatic nitrogens is 4. The Morgan fingerprint density at radius 3 is 2.77 bits per heavy atom. The van der Waals surface area contributed by atoms with Crippen molar-refractivity contribution in [1.29, 1.82) is 0 Å². The number of benzene rings is 1. The third-order valence-corrected chi connectivity index (χ3v) is 4.86. The number of hydrogen-bond acceptors (Lipinski definition) is 6. The van der Waals surface area contributed by atoms with E-state index < -0.39 is 5.82 Å². The highest BCUT2D eigenvalue weighted by Gasteiger charge is 2.20. The first kappa shape index (κ1) is 16.1. The maximum Gasteiger partial charge on any atom is 0.150 e. The van der Waals surface area contributed by atoms with E-state index >= 15 is 0 Å². The summed E-state index contributed by atoms with van der Waals surface area (Å²) < 4.78 is 14.5. The van der Waals surface area contributed by atoms with Crippen molar-refractivity contribution in [2.45, 2.75) is 0 Å². The molecule has 0 radical (unpaired) electrons. The van der Waals surface area contributed by atoms with Crippen molar-refractivity contribution in [3.63, 3.8) is 0 Å². The molecule has 0 aliphatic rings. The molecule has 0 aliphatic heterocycles. The van der Waals surface area contributed by atoms with Gasteiger partial charge in [0.25, 0.3) is 0 Å². The van der Waals surface area contributed by atoms with E-state index in [0.29, 0.717) is 39.1 Å². The second-order valence-electron chi connectivity index (χ2n) is 5.46. The predicted octanol–water partition coefficient (Wildman–Crippen LogP) is 3.80. The standard InChI is InChI=1S/C18H12FN5OS/c19-13-2-1-10(9-25)7-12(13)15-16(17-22-5-6-23-17)26-18(24-15)11-3-4-21-14(20)8-11/h1-9H,(H2,20,21)(H,22,23). The Kier molecular flexibility index (Phi) is 4.02. The van der Waals surface area contributed by atoms with Crippen LogP contribution >= 0.6 is 11.3 Å². The van der Waals surface area contributed by atoms with Crippen LogP contribution in [0.4, 0.5) is 10.2 Å². The number of thiazole rings is 1. The molecule has 3 aromatic heterocycles. The molecule has 0 spiro atoms. The van der Waals surface area contributed by atoms with Gasteiger partial charge < -0.3 is 10.7 Å². The minimum Gasteiger partial charge on any atom is -0.384 e. The molecule has 4 aromatic rings. The molecule has 0 saturated carbocycles. The summed E-state index contributed by atoms with van der Waals surface area (Å²) in [6.07, 6.45) is 5.56. The summed E-state index contributed by atoms with van der Waals surface area (Å²) in [4.78, 5) is 27.6. The Bertz CT molecular complexity index is 1090. The first-order chi connectivity index (χ1) is 12.7. The number of anilines is 1. The van der Waals surface area contributed by atoms with Crippen LogP contribution in [0.1, 0.15) is 10.4 Å². The Hall–Kier alpha value is -3.39. The first-order valence-corrected chi connectivity index (χ1v) is 8.45. The average Bonchev–Trinajstić information content (AvgIpc) is 3.32. The molecule has 0 aliphatic carbocycles. The van der Waals surface area contributed by atoms with E-state index in [1.54, 1.807) is 30.7 Å². The van der Waals surface area contributed by atoms with Crippen molar-refractivity contribution in [3.05, 3.63) is 60.3 Å². The van der Waals surface area contributed by atoms with Crippen LogP contribution < -0.4 is 5.73 Å². The molecular formula is C18H12FN5OS. The first-order valence-electron chi connectivity index (χ1n) is 7.63. The highest BCUT2D eigenvalue weighted by molar-refractivity contribution is 7.18. The second kappa shape index (κ2) is 6.49. The number of nitrogens with two attached hydrogens (primary N) is 1. The van der Waals surface area contributed by atoms with Gasteiger partial charge in [-0.3, -0.25) is 4.79 Å². The normalized spacial score (nSPS) is 10.8. The molecule has 8 heteroatoms. The maximum absolute atomic E-state index is 14.5. The van der Waals surface area contributed by atoms with Crippen molar-refractivity contribution in [2.75, 3.05) is 5.73 Å². The number of nitrogen functional groups attached to an aromatic ring is 1. The molecule has 26 heavy (non-hydrogen) atoms. The van der Waals surface area contributed by atoms with Gasteiger partial charge in [0.2, 0.25) is 0 Å². The third-order valence-electron chi connectivity index (χ3n) is 3.75. The highest BCUT2D eigenvalue weighted by Crippen LogP contribution is 2.40. The number of imidazole rings is 1. The lowest BCUT2D eigenvalue weighted by Crippen LogP contribution is -1.91. The molecule has 1 aromatic carbocycles. The van der Waals surface area contributed by atoms with E-state index in [2.05, 4.69) is 19.9 Å². The zero-order chi connectivity index (χ0) is 18.1. The fraction of sp³-hybridized carbons (Fsp3) is 0. The van der Waals surface area contributed by atoms with Crippen molar-refractivity contribution in [3.8, 4) is 32.5 Å². The molecule has 0 fully saturated rings. The molecule has 3 N–H and O–H groups in total. The molecule has 0 unspecified atom stereocenters. The van der Waals surface area contributed by atoms with Crippen molar-refractivity contribution in [2.24, 2.45) is 0 Å². The average molecular weight is 365 g/mol. The lowest BCUT2D eigenvalue weighted by Gasteiger charge is -2.03. The number of aromatic amines is 1. The Labute approximate surface area is 151 Å². The van der Waals surface area contributed by atoms with Gasteiger partial charge in [0.05, 0.1) is 10.6 Å². The molecule has 4 rings (SSSR count). The molecular weight excluding hydrogens is 353 g/mol. The van der Waals surface area contributed by atoms with Gasteiger partial charge in [0, 0.05) is 35.3 Å². The van der Waals surface area contributed by atoms with E-state index in [4.69, 9.17) is 5.73 Å². The molecule has 6 nitrogen and oxygen atoms in total. The zero-order valence-corrected chi connectivity index (χ0v) is 14.1. The van der Waals surface area contributed by atoms with Gasteiger partial charge in [-0.1, -0.05) is 0 Å². The van der Waals surface area contributed by atoms with Crippen LogP contribution in [0.15, 0.2) is 48.9 Å². The highest BCUT2D eigenvalue weighted by atomic mass is 32.1. The monoisotopic (exact) mass is 365 g/mol.